The lowest BCUT2D eigenvalue weighted by molar-refractivity contribution is -0.136. The van der Waals surface area contributed by atoms with E-state index in [4.69, 9.17) is 0 Å². The van der Waals surface area contributed by atoms with Crippen LogP contribution in [0.25, 0.3) is 0 Å². The van der Waals surface area contributed by atoms with Crippen LogP contribution < -0.4 is 5.32 Å². The highest BCUT2D eigenvalue weighted by Gasteiger charge is 2.51. The highest BCUT2D eigenvalue weighted by molar-refractivity contribution is 5.91. The van der Waals surface area contributed by atoms with Gasteiger partial charge < -0.3 is 10.2 Å². The summed E-state index contributed by atoms with van der Waals surface area (Å²) in [5.74, 6) is 3.84. The van der Waals surface area contributed by atoms with Crippen LogP contribution in [0.4, 0.5) is 5.82 Å². The lowest BCUT2D eigenvalue weighted by Crippen LogP contribution is -2.47. The van der Waals surface area contributed by atoms with Crippen molar-refractivity contribution in [1.82, 2.24) is 14.9 Å². The standard InChI is InChI=1S/C25H34N4O2/c30-22(13-25-10-16-7-17(11-25)9-18(8-16)12-25)28-23-20-5-6-29(14-21(20)26-15-27-23)24(31)19-3-1-2-4-19/h15-19H,1-14H2,(H,26,27,28,30). The van der Waals surface area contributed by atoms with E-state index in [0.717, 1.165) is 48.3 Å². The Morgan fingerprint density at radius 3 is 2.39 bits per heavy atom. The van der Waals surface area contributed by atoms with Crippen molar-refractivity contribution in [2.24, 2.45) is 29.1 Å². The second-order valence-corrected chi connectivity index (χ2v) is 11.3. The zero-order chi connectivity index (χ0) is 21.0. The van der Waals surface area contributed by atoms with Gasteiger partial charge in [-0.3, -0.25) is 9.59 Å². The van der Waals surface area contributed by atoms with Gasteiger partial charge in [-0.05, 0) is 81.0 Å². The summed E-state index contributed by atoms with van der Waals surface area (Å²) in [6, 6.07) is 0. The van der Waals surface area contributed by atoms with Crippen LogP contribution in [0.3, 0.4) is 0 Å². The Morgan fingerprint density at radius 1 is 1.03 bits per heavy atom. The second kappa shape index (κ2) is 7.56. The van der Waals surface area contributed by atoms with E-state index < -0.39 is 0 Å². The van der Waals surface area contributed by atoms with Gasteiger partial charge in [-0.15, -0.1) is 0 Å². The Morgan fingerprint density at radius 2 is 1.71 bits per heavy atom. The molecule has 4 bridgehead atoms. The monoisotopic (exact) mass is 422 g/mol. The molecule has 6 nitrogen and oxygen atoms in total. The molecule has 6 aliphatic rings. The molecule has 5 aliphatic carbocycles. The lowest BCUT2D eigenvalue weighted by Gasteiger charge is -2.56. The van der Waals surface area contributed by atoms with Crippen LogP contribution in [-0.4, -0.2) is 33.2 Å². The summed E-state index contributed by atoms with van der Waals surface area (Å²) in [4.78, 5) is 36.8. The summed E-state index contributed by atoms with van der Waals surface area (Å²) >= 11 is 0. The second-order valence-electron chi connectivity index (χ2n) is 11.3. The molecule has 0 unspecified atom stereocenters. The maximum Gasteiger partial charge on any atom is 0.226 e. The van der Waals surface area contributed by atoms with Crippen LogP contribution in [-0.2, 0) is 22.6 Å². The summed E-state index contributed by atoms with van der Waals surface area (Å²) in [7, 11) is 0. The number of hydrogen-bond donors (Lipinski definition) is 1. The number of anilines is 1. The van der Waals surface area contributed by atoms with Crippen LogP contribution in [0.5, 0.6) is 0 Å². The van der Waals surface area contributed by atoms with Gasteiger partial charge in [0.1, 0.15) is 12.1 Å². The Bertz CT molecular complexity index is 856. The van der Waals surface area contributed by atoms with E-state index in [2.05, 4.69) is 15.3 Å². The van der Waals surface area contributed by atoms with E-state index in [1.54, 1.807) is 6.33 Å². The molecule has 1 aromatic heterocycles. The van der Waals surface area contributed by atoms with Crippen molar-refractivity contribution in [2.75, 3.05) is 11.9 Å². The fourth-order valence-corrected chi connectivity index (χ4v) is 8.10. The quantitative estimate of drug-likeness (QED) is 0.793. The van der Waals surface area contributed by atoms with Crippen molar-refractivity contribution >= 4 is 17.6 Å². The number of carbonyl (C=O) groups excluding carboxylic acids is 2. The van der Waals surface area contributed by atoms with E-state index in [1.807, 2.05) is 4.90 Å². The number of amides is 2. The molecule has 6 heteroatoms. The molecular weight excluding hydrogens is 388 g/mol. The van der Waals surface area contributed by atoms with Crippen LogP contribution >= 0.6 is 0 Å². The number of carbonyl (C=O) groups is 2. The molecule has 1 N–H and O–H groups in total. The molecule has 0 spiro atoms. The van der Waals surface area contributed by atoms with Crippen LogP contribution in [0.1, 0.15) is 81.9 Å². The Balaban J connectivity index is 1.13. The average molecular weight is 423 g/mol. The zero-order valence-electron chi connectivity index (χ0n) is 18.4. The van der Waals surface area contributed by atoms with E-state index in [9.17, 15) is 9.59 Å². The van der Waals surface area contributed by atoms with Gasteiger partial charge in [0.15, 0.2) is 0 Å². The minimum Gasteiger partial charge on any atom is -0.336 e. The van der Waals surface area contributed by atoms with E-state index in [0.29, 0.717) is 25.3 Å². The van der Waals surface area contributed by atoms with Gasteiger partial charge in [0.05, 0.1) is 12.2 Å². The highest BCUT2D eigenvalue weighted by atomic mass is 16.2. The molecule has 1 aromatic rings. The van der Waals surface area contributed by atoms with Gasteiger partial charge in [0, 0.05) is 24.4 Å². The third-order valence-electron chi connectivity index (χ3n) is 8.98. The summed E-state index contributed by atoms with van der Waals surface area (Å²) in [6.45, 7) is 1.25. The molecule has 1 aliphatic heterocycles. The fourth-order valence-electron chi connectivity index (χ4n) is 8.10. The van der Waals surface area contributed by atoms with Gasteiger partial charge in [-0.25, -0.2) is 9.97 Å². The lowest BCUT2D eigenvalue weighted by atomic mass is 9.49. The number of aromatic nitrogens is 2. The SMILES string of the molecule is O=C(CC12CC3CC(CC(C3)C1)C2)Nc1ncnc2c1CCN(C(=O)C1CCCC1)C2. The van der Waals surface area contributed by atoms with Crippen molar-refractivity contribution in [3.8, 4) is 0 Å². The van der Waals surface area contributed by atoms with E-state index in [-0.39, 0.29) is 23.1 Å². The molecule has 5 saturated carbocycles. The number of nitrogens with zero attached hydrogens (tertiary/aromatic N) is 3. The van der Waals surface area contributed by atoms with Crippen LogP contribution in [0.15, 0.2) is 6.33 Å². The zero-order valence-corrected chi connectivity index (χ0v) is 18.4. The predicted octanol–water partition coefficient (Wildman–Crippen LogP) is 4.10. The smallest absolute Gasteiger partial charge is 0.226 e. The van der Waals surface area contributed by atoms with Gasteiger partial charge in [-0.1, -0.05) is 12.8 Å². The maximum absolute atomic E-state index is 13.1. The third-order valence-corrected chi connectivity index (χ3v) is 8.98. The fraction of sp³-hybridized carbons (Fsp3) is 0.760. The number of nitrogens with one attached hydrogen (secondary N) is 1. The van der Waals surface area contributed by atoms with Crippen LogP contribution in [0, 0.1) is 29.1 Å². The van der Waals surface area contributed by atoms with Gasteiger partial charge in [0.2, 0.25) is 11.8 Å². The minimum absolute atomic E-state index is 0.118. The summed E-state index contributed by atoms with van der Waals surface area (Å²) in [6.07, 6.45) is 15.2. The molecular formula is C25H34N4O2. The molecule has 2 amide bonds. The minimum atomic E-state index is 0.118. The predicted molar refractivity (Wildman–Crippen MR) is 117 cm³/mol. The first-order valence-electron chi connectivity index (χ1n) is 12.5. The molecule has 0 aromatic carbocycles. The molecule has 2 heterocycles. The van der Waals surface area contributed by atoms with Crippen molar-refractivity contribution in [3.05, 3.63) is 17.6 Å². The molecule has 0 atom stereocenters. The number of hydrogen-bond acceptors (Lipinski definition) is 4. The van der Waals surface area contributed by atoms with Crippen molar-refractivity contribution in [1.29, 1.82) is 0 Å². The Hall–Kier alpha value is -1.98. The summed E-state index contributed by atoms with van der Waals surface area (Å²) < 4.78 is 0. The van der Waals surface area contributed by atoms with Crippen molar-refractivity contribution in [2.45, 2.75) is 83.6 Å². The number of fused-ring (bicyclic) bond motifs is 1. The molecule has 0 saturated heterocycles. The normalized spacial score (nSPS) is 34.1. The molecule has 7 rings (SSSR count). The maximum atomic E-state index is 13.1. The van der Waals surface area contributed by atoms with Crippen LogP contribution in [0.2, 0.25) is 0 Å². The van der Waals surface area contributed by atoms with Gasteiger partial charge >= 0.3 is 0 Å². The number of rotatable bonds is 4. The van der Waals surface area contributed by atoms with E-state index in [1.165, 1.54) is 51.4 Å². The summed E-state index contributed by atoms with van der Waals surface area (Å²) in [5, 5.41) is 3.15. The van der Waals surface area contributed by atoms with Gasteiger partial charge in [0.25, 0.3) is 0 Å². The third kappa shape index (κ3) is 3.66. The topological polar surface area (TPSA) is 75.2 Å². The molecule has 166 valence electrons. The van der Waals surface area contributed by atoms with Crippen molar-refractivity contribution < 1.29 is 9.59 Å². The first-order valence-corrected chi connectivity index (χ1v) is 12.5. The average Bonchev–Trinajstić information content (AvgIpc) is 3.26. The first-order chi connectivity index (χ1) is 15.1. The highest BCUT2D eigenvalue weighted by Crippen LogP contribution is 2.61. The molecule has 31 heavy (non-hydrogen) atoms. The van der Waals surface area contributed by atoms with Crippen molar-refractivity contribution in [3.63, 3.8) is 0 Å². The first kappa shape index (κ1) is 19.7. The van der Waals surface area contributed by atoms with Gasteiger partial charge in [-0.2, -0.15) is 0 Å². The molecule has 5 fully saturated rings. The van der Waals surface area contributed by atoms with E-state index >= 15 is 0 Å². The summed E-state index contributed by atoms with van der Waals surface area (Å²) in [5.41, 5.74) is 2.16. The Labute approximate surface area is 184 Å². The molecule has 0 radical (unpaired) electrons. The Kier molecular flexibility index (Phi) is 4.80. The largest absolute Gasteiger partial charge is 0.336 e.